The predicted octanol–water partition coefficient (Wildman–Crippen LogP) is 1.48. The maximum Gasteiger partial charge on any atom is 0.413 e. The molecule has 0 radical (unpaired) electrons. The van der Waals surface area contributed by atoms with E-state index in [9.17, 15) is 13.2 Å². The van der Waals surface area contributed by atoms with E-state index in [0.717, 1.165) is 5.56 Å². The van der Waals surface area contributed by atoms with E-state index >= 15 is 0 Å². The zero-order chi connectivity index (χ0) is 15.3. The summed E-state index contributed by atoms with van der Waals surface area (Å²) in [6, 6.07) is 11.7. The number of pyridine rings is 1. The van der Waals surface area contributed by atoms with Crippen LogP contribution in [0.3, 0.4) is 0 Å². The first-order valence-electron chi connectivity index (χ1n) is 5.92. The number of hydrogen-bond donors (Lipinski definition) is 2. The van der Waals surface area contributed by atoms with Gasteiger partial charge in [-0.2, -0.15) is 0 Å². The average molecular weight is 307 g/mol. The van der Waals surface area contributed by atoms with Gasteiger partial charge in [-0.05, 0) is 17.7 Å². The summed E-state index contributed by atoms with van der Waals surface area (Å²) in [7, 11) is -3.98. The van der Waals surface area contributed by atoms with Crippen molar-refractivity contribution in [1.82, 2.24) is 4.98 Å². The standard InChI is InChI=1S/C13H13N3O4S/c14-21(18,19)11-7-4-8-15-12(11)16-13(17)20-9-10-5-2-1-3-6-10/h1-8H,9H2,(H2,14,18,19)(H,15,16,17). The molecule has 0 saturated heterocycles. The van der Waals surface area contributed by atoms with Crippen LogP contribution in [0.25, 0.3) is 0 Å². The maximum absolute atomic E-state index is 11.7. The molecule has 0 aliphatic rings. The fourth-order valence-electron chi connectivity index (χ4n) is 1.57. The van der Waals surface area contributed by atoms with Crippen LogP contribution >= 0.6 is 0 Å². The third kappa shape index (κ3) is 4.26. The molecular formula is C13H13N3O4S. The van der Waals surface area contributed by atoms with Gasteiger partial charge in [0.05, 0.1) is 0 Å². The number of carbonyl (C=O) groups excluding carboxylic acids is 1. The lowest BCUT2D eigenvalue weighted by atomic mass is 10.2. The van der Waals surface area contributed by atoms with E-state index < -0.39 is 16.1 Å². The van der Waals surface area contributed by atoms with Crippen LogP contribution in [0.15, 0.2) is 53.6 Å². The van der Waals surface area contributed by atoms with E-state index in [2.05, 4.69) is 10.3 Å². The summed E-state index contributed by atoms with van der Waals surface area (Å²) in [5, 5.41) is 7.29. The van der Waals surface area contributed by atoms with Crippen molar-refractivity contribution >= 4 is 21.9 Å². The van der Waals surface area contributed by atoms with Crippen LogP contribution in [0, 0.1) is 0 Å². The van der Waals surface area contributed by atoms with Gasteiger partial charge >= 0.3 is 6.09 Å². The smallest absolute Gasteiger partial charge is 0.413 e. The van der Waals surface area contributed by atoms with Crippen molar-refractivity contribution in [3.63, 3.8) is 0 Å². The lowest BCUT2D eigenvalue weighted by Gasteiger charge is -2.09. The second kappa shape index (κ2) is 6.33. The molecule has 1 amide bonds. The van der Waals surface area contributed by atoms with Crippen LogP contribution in [-0.2, 0) is 21.4 Å². The summed E-state index contributed by atoms with van der Waals surface area (Å²) >= 11 is 0. The van der Waals surface area contributed by atoms with Gasteiger partial charge in [0, 0.05) is 6.20 Å². The molecule has 0 bridgehead atoms. The van der Waals surface area contributed by atoms with E-state index in [1.54, 1.807) is 12.1 Å². The molecule has 110 valence electrons. The second-order valence-electron chi connectivity index (χ2n) is 4.08. The summed E-state index contributed by atoms with van der Waals surface area (Å²) < 4.78 is 27.7. The molecule has 0 fully saturated rings. The summed E-state index contributed by atoms with van der Waals surface area (Å²) in [5.41, 5.74) is 0.806. The number of sulfonamides is 1. The molecule has 8 heteroatoms. The van der Waals surface area contributed by atoms with Crippen LogP contribution in [0.5, 0.6) is 0 Å². The minimum absolute atomic E-state index is 0.0597. The van der Waals surface area contributed by atoms with Gasteiger partial charge < -0.3 is 4.74 Å². The van der Waals surface area contributed by atoms with Gasteiger partial charge in [-0.3, -0.25) is 5.32 Å². The number of rotatable bonds is 4. The normalized spacial score (nSPS) is 10.9. The fourth-order valence-corrected chi connectivity index (χ4v) is 2.21. The van der Waals surface area contributed by atoms with Crippen molar-refractivity contribution in [3.05, 3.63) is 54.2 Å². The van der Waals surface area contributed by atoms with Gasteiger partial charge in [-0.25, -0.2) is 23.3 Å². The van der Waals surface area contributed by atoms with E-state index in [1.807, 2.05) is 18.2 Å². The molecule has 0 aliphatic carbocycles. The van der Waals surface area contributed by atoms with Crippen LogP contribution in [0.1, 0.15) is 5.56 Å². The van der Waals surface area contributed by atoms with Gasteiger partial charge in [0.15, 0.2) is 5.82 Å². The monoisotopic (exact) mass is 307 g/mol. The topological polar surface area (TPSA) is 111 Å². The minimum Gasteiger partial charge on any atom is -0.444 e. The number of amides is 1. The number of hydrogen-bond acceptors (Lipinski definition) is 5. The number of primary sulfonamides is 1. The number of ether oxygens (including phenoxy) is 1. The zero-order valence-electron chi connectivity index (χ0n) is 10.9. The number of nitrogens with two attached hydrogens (primary N) is 1. The van der Waals surface area contributed by atoms with Crippen LogP contribution in [0.2, 0.25) is 0 Å². The first-order chi connectivity index (χ1) is 9.97. The third-order valence-corrected chi connectivity index (χ3v) is 3.45. The second-order valence-corrected chi connectivity index (χ2v) is 5.61. The largest absolute Gasteiger partial charge is 0.444 e. The number of nitrogens with one attached hydrogen (secondary N) is 1. The van der Waals surface area contributed by atoms with Crippen molar-refractivity contribution in [2.75, 3.05) is 5.32 Å². The molecule has 1 aromatic carbocycles. The van der Waals surface area contributed by atoms with E-state index in [4.69, 9.17) is 9.88 Å². The Kier molecular flexibility index (Phi) is 4.51. The Morgan fingerprint density at radius 3 is 2.57 bits per heavy atom. The lowest BCUT2D eigenvalue weighted by molar-refractivity contribution is 0.155. The Balaban J connectivity index is 2.04. The number of benzene rings is 1. The molecule has 2 aromatic rings. The maximum atomic E-state index is 11.7. The van der Waals surface area contributed by atoms with Crippen molar-refractivity contribution in [2.24, 2.45) is 5.14 Å². The highest BCUT2D eigenvalue weighted by molar-refractivity contribution is 7.89. The fraction of sp³-hybridized carbons (Fsp3) is 0.0769. The zero-order valence-corrected chi connectivity index (χ0v) is 11.7. The highest BCUT2D eigenvalue weighted by atomic mass is 32.2. The summed E-state index contributed by atoms with van der Waals surface area (Å²) in [4.78, 5) is 15.1. The summed E-state index contributed by atoms with van der Waals surface area (Å²) in [6.45, 7) is 0.0597. The molecule has 7 nitrogen and oxygen atoms in total. The molecular weight excluding hydrogens is 294 g/mol. The number of anilines is 1. The SMILES string of the molecule is NS(=O)(=O)c1cccnc1NC(=O)OCc1ccccc1. The van der Waals surface area contributed by atoms with Gasteiger partial charge in [-0.15, -0.1) is 0 Å². The van der Waals surface area contributed by atoms with E-state index in [-0.39, 0.29) is 17.3 Å². The predicted molar refractivity (Wildman–Crippen MR) is 75.9 cm³/mol. The van der Waals surface area contributed by atoms with E-state index in [0.29, 0.717) is 0 Å². The lowest BCUT2D eigenvalue weighted by Crippen LogP contribution is -2.20. The molecule has 3 N–H and O–H groups in total. The van der Waals surface area contributed by atoms with Crippen LogP contribution < -0.4 is 10.5 Å². The quantitative estimate of drug-likeness (QED) is 0.888. The Bertz CT molecular complexity index is 732. The van der Waals surface area contributed by atoms with Gasteiger partial charge in [0.1, 0.15) is 11.5 Å². The first-order valence-corrected chi connectivity index (χ1v) is 7.47. The van der Waals surface area contributed by atoms with Crippen molar-refractivity contribution < 1.29 is 17.9 Å². The van der Waals surface area contributed by atoms with Crippen molar-refractivity contribution in [1.29, 1.82) is 0 Å². The minimum atomic E-state index is -3.98. The van der Waals surface area contributed by atoms with Crippen molar-refractivity contribution in [3.8, 4) is 0 Å². The Morgan fingerprint density at radius 2 is 1.90 bits per heavy atom. The molecule has 2 rings (SSSR count). The van der Waals surface area contributed by atoms with Gasteiger partial charge in [-0.1, -0.05) is 30.3 Å². The Labute approximate surface area is 121 Å². The highest BCUT2D eigenvalue weighted by Gasteiger charge is 2.16. The molecule has 0 saturated carbocycles. The molecule has 0 unspecified atom stereocenters. The highest BCUT2D eigenvalue weighted by Crippen LogP contribution is 2.16. The molecule has 0 aliphatic heterocycles. The van der Waals surface area contributed by atoms with E-state index in [1.165, 1.54) is 18.3 Å². The molecule has 1 heterocycles. The summed E-state index contributed by atoms with van der Waals surface area (Å²) in [5.74, 6) is -0.168. The summed E-state index contributed by atoms with van der Waals surface area (Å²) in [6.07, 6.45) is 0.518. The van der Waals surface area contributed by atoms with Gasteiger partial charge in [0.25, 0.3) is 0 Å². The number of carbonyl (C=O) groups is 1. The third-order valence-electron chi connectivity index (χ3n) is 2.51. The molecule has 1 aromatic heterocycles. The first kappa shape index (κ1) is 14.9. The number of aromatic nitrogens is 1. The Morgan fingerprint density at radius 1 is 1.19 bits per heavy atom. The van der Waals surface area contributed by atoms with Crippen molar-refractivity contribution in [2.45, 2.75) is 11.5 Å². The number of nitrogens with zero attached hydrogens (tertiary/aromatic N) is 1. The Hall–Kier alpha value is -2.45. The van der Waals surface area contributed by atoms with Gasteiger partial charge in [0.2, 0.25) is 10.0 Å². The van der Waals surface area contributed by atoms with Crippen LogP contribution in [0.4, 0.5) is 10.6 Å². The molecule has 0 atom stereocenters. The molecule has 21 heavy (non-hydrogen) atoms. The van der Waals surface area contributed by atoms with Crippen LogP contribution in [-0.4, -0.2) is 19.5 Å². The average Bonchev–Trinajstić information content (AvgIpc) is 2.46. The molecule has 0 spiro atoms.